The minimum Gasteiger partial charge on any atom is -0.453 e. The van der Waals surface area contributed by atoms with Crippen LogP contribution in [0.5, 0.6) is 0 Å². The Kier molecular flexibility index (Phi) is 4.58. The molecule has 0 bridgehead atoms. The van der Waals surface area contributed by atoms with Crippen molar-refractivity contribution in [3.8, 4) is 0 Å². The van der Waals surface area contributed by atoms with E-state index >= 15 is 0 Å². The van der Waals surface area contributed by atoms with Gasteiger partial charge in [0.25, 0.3) is 5.91 Å². The van der Waals surface area contributed by atoms with Crippen molar-refractivity contribution in [2.45, 2.75) is 13.5 Å². The summed E-state index contributed by atoms with van der Waals surface area (Å²) < 4.78 is 5.31. The van der Waals surface area contributed by atoms with Crippen molar-refractivity contribution < 1.29 is 14.3 Å². The summed E-state index contributed by atoms with van der Waals surface area (Å²) >= 11 is 0. The van der Waals surface area contributed by atoms with Gasteiger partial charge in [0, 0.05) is 11.3 Å². The van der Waals surface area contributed by atoms with E-state index in [4.69, 9.17) is 9.52 Å². The van der Waals surface area contributed by atoms with Gasteiger partial charge < -0.3 is 20.2 Å². The van der Waals surface area contributed by atoms with E-state index in [1.165, 1.54) is 0 Å². The van der Waals surface area contributed by atoms with Crippen molar-refractivity contribution in [1.29, 1.82) is 0 Å². The number of aromatic nitrogens is 1. The van der Waals surface area contributed by atoms with Gasteiger partial charge in [0.1, 0.15) is 18.2 Å². The molecule has 0 aliphatic heterocycles. The molecule has 0 aliphatic carbocycles. The highest BCUT2D eigenvalue weighted by Gasteiger charge is 2.15. The Labute approximate surface area is 139 Å². The number of hydrogen-bond acceptors (Lipinski definition) is 5. The predicted molar refractivity (Wildman–Crippen MR) is 91.3 cm³/mol. The SMILES string of the molecule is Cc1cc(CO)oc1C(=O)Nc1ccc(Nc2ccccc2)nc1. The summed E-state index contributed by atoms with van der Waals surface area (Å²) in [6.07, 6.45) is 1.56. The van der Waals surface area contributed by atoms with Gasteiger partial charge >= 0.3 is 0 Å². The van der Waals surface area contributed by atoms with Crippen LogP contribution in [-0.4, -0.2) is 16.0 Å². The third-order valence-electron chi connectivity index (χ3n) is 3.40. The zero-order valence-electron chi connectivity index (χ0n) is 13.1. The quantitative estimate of drug-likeness (QED) is 0.669. The minimum atomic E-state index is -0.377. The van der Waals surface area contributed by atoms with E-state index in [-0.39, 0.29) is 18.3 Å². The molecular formula is C18H17N3O3. The fourth-order valence-electron chi connectivity index (χ4n) is 2.25. The van der Waals surface area contributed by atoms with Gasteiger partial charge in [-0.1, -0.05) is 18.2 Å². The maximum Gasteiger partial charge on any atom is 0.291 e. The van der Waals surface area contributed by atoms with Crippen molar-refractivity contribution in [3.05, 3.63) is 71.8 Å². The average Bonchev–Trinajstić information content (AvgIpc) is 2.99. The standard InChI is InChI=1S/C18H17N3O3/c1-12-9-15(11-22)24-17(12)18(23)21-14-7-8-16(19-10-14)20-13-5-3-2-4-6-13/h2-10,22H,11H2,1H3,(H,19,20)(H,21,23). The van der Waals surface area contributed by atoms with E-state index < -0.39 is 0 Å². The molecule has 24 heavy (non-hydrogen) atoms. The van der Waals surface area contributed by atoms with Crippen LogP contribution in [0.15, 0.2) is 59.1 Å². The van der Waals surface area contributed by atoms with E-state index in [0.717, 1.165) is 5.69 Å². The number of aryl methyl sites for hydroxylation is 1. The van der Waals surface area contributed by atoms with E-state index in [1.54, 1.807) is 31.3 Å². The molecule has 2 aromatic heterocycles. The monoisotopic (exact) mass is 323 g/mol. The number of benzene rings is 1. The first kappa shape index (κ1) is 15.8. The Morgan fingerprint density at radius 3 is 2.58 bits per heavy atom. The molecule has 3 aromatic rings. The minimum absolute atomic E-state index is 0.186. The first-order valence-corrected chi connectivity index (χ1v) is 7.45. The molecule has 0 unspecified atom stereocenters. The normalized spacial score (nSPS) is 10.4. The highest BCUT2D eigenvalue weighted by atomic mass is 16.4. The fourth-order valence-corrected chi connectivity index (χ4v) is 2.25. The van der Waals surface area contributed by atoms with E-state index in [9.17, 15) is 4.79 Å². The number of pyridine rings is 1. The number of nitrogens with one attached hydrogen (secondary N) is 2. The molecule has 0 saturated heterocycles. The molecule has 3 rings (SSSR count). The van der Waals surface area contributed by atoms with Crippen molar-refractivity contribution in [1.82, 2.24) is 4.98 Å². The van der Waals surface area contributed by atoms with Gasteiger partial charge in [-0.2, -0.15) is 0 Å². The highest BCUT2D eigenvalue weighted by molar-refractivity contribution is 6.03. The maximum absolute atomic E-state index is 12.2. The molecule has 6 nitrogen and oxygen atoms in total. The molecule has 0 saturated carbocycles. The summed E-state index contributed by atoms with van der Waals surface area (Å²) in [5.41, 5.74) is 2.16. The zero-order valence-corrected chi connectivity index (χ0v) is 13.1. The Bertz CT molecular complexity index is 826. The lowest BCUT2D eigenvalue weighted by molar-refractivity contribution is 0.0991. The van der Waals surface area contributed by atoms with Crippen LogP contribution in [0.4, 0.5) is 17.2 Å². The van der Waals surface area contributed by atoms with Crippen LogP contribution in [-0.2, 0) is 6.61 Å². The number of amides is 1. The first-order valence-electron chi connectivity index (χ1n) is 7.45. The second-order valence-corrected chi connectivity index (χ2v) is 5.26. The van der Waals surface area contributed by atoms with Crippen LogP contribution in [0.2, 0.25) is 0 Å². The number of carbonyl (C=O) groups is 1. The van der Waals surface area contributed by atoms with Gasteiger partial charge in [-0.25, -0.2) is 4.98 Å². The largest absolute Gasteiger partial charge is 0.453 e. The Balaban J connectivity index is 1.67. The Morgan fingerprint density at radius 2 is 1.96 bits per heavy atom. The molecule has 1 aromatic carbocycles. The van der Waals surface area contributed by atoms with Crippen LogP contribution < -0.4 is 10.6 Å². The summed E-state index contributed by atoms with van der Waals surface area (Å²) in [6, 6.07) is 14.9. The molecule has 0 fully saturated rings. The third-order valence-corrected chi connectivity index (χ3v) is 3.40. The average molecular weight is 323 g/mol. The van der Waals surface area contributed by atoms with Crippen LogP contribution in [0.25, 0.3) is 0 Å². The summed E-state index contributed by atoms with van der Waals surface area (Å²) in [6.45, 7) is 1.51. The fraction of sp³-hybridized carbons (Fsp3) is 0.111. The lowest BCUT2D eigenvalue weighted by Crippen LogP contribution is -2.12. The van der Waals surface area contributed by atoms with Crippen molar-refractivity contribution in [2.75, 3.05) is 10.6 Å². The van der Waals surface area contributed by atoms with Gasteiger partial charge in [0.2, 0.25) is 0 Å². The van der Waals surface area contributed by atoms with Gasteiger partial charge in [-0.3, -0.25) is 4.79 Å². The number of carbonyl (C=O) groups excluding carboxylic acids is 1. The van der Waals surface area contributed by atoms with Gasteiger partial charge in [0.15, 0.2) is 5.76 Å². The second kappa shape index (κ2) is 6.97. The molecule has 0 spiro atoms. The van der Waals surface area contributed by atoms with Crippen molar-refractivity contribution in [2.24, 2.45) is 0 Å². The van der Waals surface area contributed by atoms with Gasteiger partial charge in [0.05, 0.1) is 11.9 Å². The number of nitrogens with zero attached hydrogens (tertiary/aromatic N) is 1. The molecular weight excluding hydrogens is 306 g/mol. The summed E-state index contributed by atoms with van der Waals surface area (Å²) in [5.74, 6) is 0.845. The molecule has 2 heterocycles. The molecule has 0 radical (unpaired) electrons. The molecule has 0 atom stereocenters. The molecule has 1 amide bonds. The molecule has 6 heteroatoms. The van der Waals surface area contributed by atoms with Crippen LogP contribution in [0.1, 0.15) is 21.9 Å². The molecule has 0 aliphatic rings. The second-order valence-electron chi connectivity index (χ2n) is 5.26. The predicted octanol–water partition coefficient (Wildman–Crippen LogP) is 3.47. The van der Waals surface area contributed by atoms with E-state index in [2.05, 4.69) is 15.6 Å². The van der Waals surface area contributed by atoms with Gasteiger partial charge in [-0.05, 0) is 37.3 Å². The van der Waals surface area contributed by atoms with Crippen LogP contribution in [0.3, 0.4) is 0 Å². The maximum atomic E-state index is 12.2. The van der Waals surface area contributed by atoms with Crippen LogP contribution in [0, 0.1) is 6.92 Å². The Hall–Kier alpha value is -3.12. The van der Waals surface area contributed by atoms with E-state index in [0.29, 0.717) is 22.8 Å². The lowest BCUT2D eigenvalue weighted by atomic mass is 10.2. The molecule has 3 N–H and O–H groups in total. The number of furan rings is 1. The van der Waals surface area contributed by atoms with Crippen molar-refractivity contribution in [3.63, 3.8) is 0 Å². The topological polar surface area (TPSA) is 87.4 Å². The first-order chi connectivity index (χ1) is 11.7. The summed E-state index contributed by atoms with van der Waals surface area (Å²) in [5, 5.41) is 14.9. The number of anilines is 3. The van der Waals surface area contributed by atoms with Crippen molar-refractivity contribution >= 4 is 23.1 Å². The summed E-state index contributed by atoms with van der Waals surface area (Å²) in [7, 11) is 0. The number of para-hydroxylation sites is 1. The number of hydrogen-bond donors (Lipinski definition) is 3. The smallest absolute Gasteiger partial charge is 0.291 e. The number of rotatable bonds is 5. The third kappa shape index (κ3) is 3.61. The van der Waals surface area contributed by atoms with Gasteiger partial charge in [-0.15, -0.1) is 0 Å². The highest BCUT2D eigenvalue weighted by Crippen LogP contribution is 2.18. The van der Waals surface area contributed by atoms with Crippen LogP contribution >= 0.6 is 0 Å². The zero-order chi connectivity index (χ0) is 16.9. The molecule has 122 valence electrons. The Morgan fingerprint density at radius 1 is 1.17 bits per heavy atom. The lowest BCUT2D eigenvalue weighted by Gasteiger charge is -2.07. The number of aliphatic hydroxyl groups is 1. The van der Waals surface area contributed by atoms with E-state index in [1.807, 2.05) is 30.3 Å². The summed E-state index contributed by atoms with van der Waals surface area (Å²) in [4.78, 5) is 16.5. The number of aliphatic hydroxyl groups excluding tert-OH is 1.